The molecule has 2 atom stereocenters. The van der Waals surface area contributed by atoms with Crippen LogP contribution >= 0.6 is 0 Å². The molecule has 0 saturated carbocycles. The van der Waals surface area contributed by atoms with E-state index in [1.54, 1.807) is 0 Å². The van der Waals surface area contributed by atoms with E-state index in [1.165, 1.54) is 17.5 Å². The lowest BCUT2D eigenvalue weighted by molar-refractivity contribution is 0.0340. The van der Waals surface area contributed by atoms with Crippen LogP contribution in [0, 0.1) is 11.8 Å². The van der Waals surface area contributed by atoms with Crippen LogP contribution < -0.4 is 10.6 Å². The lowest BCUT2D eigenvalue weighted by Gasteiger charge is -2.45. The summed E-state index contributed by atoms with van der Waals surface area (Å²) in [6, 6.07) is 8.28. The molecule has 2 fully saturated rings. The van der Waals surface area contributed by atoms with Crippen molar-refractivity contribution in [1.82, 2.24) is 20.4 Å². The smallest absolute Gasteiger partial charge is 0.315 e. The minimum atomic E-state index is -0.0950. The van der Waals surface area contributed by atoms with Gasteiger partial charge in [-0.25, -0.2) is 4.79 Å². The summed E-state index contributed by atoms with van der Waals surface area (Å²) in [6.07, 6.45) is 1.30. The molecule has 2 amide bonds. The number of likely N-dealkylation sites (tertiary alicyclic amines) is 1. The summed E-state index contributed by atoms with van der Waals surface area (Å²) in [5.74, 6) is 1.43. The lowest BCUT2D eigenvalue weighted by Crippen LogP contribution is -2.56. The third-order valence-corrected chi connectivity index (χ3v) is 6.46. The predicted molar refractivity (Wildman–Crippen MR) is 121 cm³/mol. The lowest BCUT2D eigenvalue weighted by atomic mass is 9.88. The molecule has 2 unspecified atom stereocenters. The van der Waals surface area contributed by atoms with E-state index in [2.05, 4.69) is 66.3 Å². The van der Waals surface area contributed by atoms with Crippen molar-refractivity contribution in [2.75, 3.05) is 45.9 Å². The van der Waals surface area contributed by atoms with Crippen molar-refractivity contribution >= 4 is 6.03 Å². The number of amides is 2. The van der Waals surface area contributed by atoms with E-state index in [4.69, 9.17) is 4.74 Å². The number of urea groups is 1. The Morgan fingerprint density at radius 2 is 1.70 bits per heavy atom. The molecule has 0 spiro atoms. The Morgan fingerprint density at radius 1 is 1.07 bits per heavy atom. The van der Waals surface area contributed by atoms with Crippen molar-refractivity contribution in [3.8, 4) is 0 Å². The molecule has 1 aromatic rings. The highest BCUT2D eigenvalue weighted by Crippen LogP contribution is 2.26. The van der Waals surface area contributed by atoms with Gasteiger partial charge in [-0.3, -0.25) is 9.80 Å². The molecule has 0 radical (unpaired) electrons. The van der Waals surface area contributed by atoms with Crippen LogP contribution in [0.3, 0.4) is 0 Å². The van der Waals surface area contributed by atoms with Gasteiger partial charge in [0.15, 0.2) is 0 Å². The number of nitrogens with one attached hydrogen (secondary N) is 2. The van der Waals surface area contributed by atoms with Gasteiger partial charge in [-0.05, 0) is 43.2 Å². The van der Waals surface area contributed by atoms with Crippen molar-refractivity contribution in [3.63, 3.8) is 0 Å². The maximum atomic E-state index is 12.5. The number of carbonyl (C=O) groups is 1. The Balaban J connectivity index is 1.47. The first-order valence-electron chi connectivity index (χ1n) is 11.5. The largest absolute Gasteiger partial charge is 0.379 e. The van der Waals surface area contributed by atoms with Crippen molar-refractivity contribution in [2.24, 2.45) is 11.8 Å². The molecule has 0 bridgehead atoms. The maximum absolute atomic E-state index is 12.5. The van der Waals surface area contributed by atoms with E-state index < -0.39 is 0 Å². The Hall–Kier alpha value is -1.63. The van der Waals surface area contributed by atoms with Crippen LogP contribution in [0.1, 0.15) is 45.2 Å². The highest BCUT2D eigenvalue weighted by molar-refractivity contribution is 5.74. The highest BCUT2D eigenvalue weighted by Gasteiger charge is 2.32. The monoisotopic (exact) mass is 416 g/mol. The molecule has 2 aliphatic rings. The SMILES string of the molecule is CC1CC(C)CN(C(C)(C)CNC(=O)NCc2ccccc2CN2CCOCC2)C1. The summed E-state index contributed by atoms with van der Waals surface area (Å²) >= 11 is 0. The van der Waals surface area contributed by atoms with Gasteiger partial charge in [0.2, 0.25) is 0 Å². The van der Waals surface area contributed by atoms with Crippen LogP contribution in [0.15, 0.2) is 24.3 Å². The van der Waals surface area contributed by atoms with Crippen LogP contribution in [0.4, 0.5) is 4.79 Å². The van der Waals surface area contributed by atoms with Crippen molar-refractivity contribution in [2.45, 2.75) is 52.7 Å². The Morgan fingerprint density at radius 3 is 2.37 bits per heavy atom. The van der Waals surface area contributed by atoms with Gasteiger partial charge in [0.1, 0.15) is 0 Å². The summed E-state index contributed by atoms with van der Waals surface area (Å²) in [6.45, 7) is 17.0. The van der Waals surface area contributed by atoms with Gasteiger partial charge >= 0.3 is 6.03 Å². The first-order valence-corrected chi connectivity index (χ1v) is 11.5. The topological polar surface area (TPSA) is 56.8 Å². The van der Waals surface area contributed by atoms with E-state index in [0.29, 0.717) is 24.9 Å². The minimum absolute atomic E-state index is 0.0471. The van der Waals surface area contributed by atoms with Gasteiger partial charge in [0, 0.05) is 51.4 Å². The fourth-order valence-electron chi connectivity index (χ4n) is 4.69. The number of piperidine rings is 1. The fraction of sp³-hybridized carbons (Fsp3) is 0.708. The zero-order chi connectivity index (χ0) is 21.6. The van der Waals surface area contributed by atoms with E-state index >= 15 is 0 Å². The molecule has 2 saturated heterocycles. The average Bonchev–Trinajstić information content (AvgIpc) is 2.72. The molecule has 30 heavy (non-hydrogen) atoms. The predicted octanol–water partition coefficient (Wildman–Crippen LogP) is 3.07. The van der Waals surface area contributed by atoms with Crippen LogP contribution in [-0.4, -0.2) is 67.3 Å². The van der Waals surface area contributed by atoms with Crippen molar-refractivity contribution in [3.05, 3.63) is 35.4 Å². The van der Waals surface area contributed by atoms with Crippen molar-refractivity contribution < 1.29 is 9.53 Å². The Labute approximate surface area is 182 Å². The number of rotatable bonds is 7. The van der Waals surface area contributed by atoms with E-state index in [1.807, 2.05) is 6.07 Å². The average molecular weight is 417 g/mol. The van der Waals surface area contributed by atoms with Gasteiger partial charge in [0.25, 0.3) is 0 Å². The van der Waals surface area contributed by atoms with Crippen LogP contribution in [0.5, 0.6) is 0 Å². The first kappa shape index (κ1) is 23.0. The summed E-state index contributed by atoms with van der Waals surface area (Å²) in [4.78, 5) is 17.4. The molecule has 0 aliphatic carbocycles. The van der Waals surface area contributed by atoms with Gasteiger partial charge in [-0.15, -0.1) is 0 Å². The fourth-order valence-corrected chi connectivity index (χ4v) is 4.69. The third kappa shape index (κ3) is 6.69. The highest BCUT2D eigenvalue weighted by atomic mass is 16.5. The molecule has 168 valence electrons. The van der Waals surface area contributed by atoms with E-state index in [9.17, 15) is 4.79 Å². The second-order valence-corrected chi connectivity index (χ2v) is 9.86. The number of nitrogens with zero attached hydrogens (tertiary/aromatic N) is 2. The van der Waals surface area contributed by atoms with Crippen LogP contribution in [0.2, 0.25) is 0 Å². The van der Waals surface area contributed by atoms with E-state index in [-0.39, 0.29) is 11.6 Å². The summed E-state index contributed by atoms with van der Waals surface area (Å²) in [5, 5.41) is 6.16. The molecule has 6 nitrogen and oxygen atoms in total. The molecular formula is C24H40N4O2. The molecule has 2 N–H and O–H groups in total. The van der Waals surface area contributed by atoms with E-state index in [0.717, 1.165) is 45.9 Å². The zero-order valence-corrected chi connectivity index (χ0v) is 19.2. The molecule has 0 aromatic heterocycles. The number of hydrogen-bond donors (Lipinski definition) is 2. The molecular weight excluding hydrogens is 376 g/mol. The van der Waals surface area contributed by atoms with Crippen LogP contribution in [0.25, 0.3) is 0 Å². The number of ether oxygens (including phenoxy) is 1. The summed E-state index contributed by atoms with van der Waals surface area (Å²) in [7, 11) is 0. The second kappa shape index (κ2) is 10.6. The molecule has 2 aliphatic heterocycles. The number of hydrogen-bond acceptors (Lipinski definition) is 4. The first-order chi connectivity index (χ1) is 14.3. The van der Waals surface area contributed by atoms with Crippen molar-refractivity contribution in [1.29, 1.82) is 0 Å². The Bertz CT molecular complexity index is 678. The summed E-state index contributed by atoms with van der Waals surface area (Å²) in [5.41, 5.74) is 2.41. The molecule has 3 rings (SSSR count). The maximum Gasteiger partial charge on any atom is 0.315 e. The number of carbonyl (C=O) groups excluding carboxylic acids is 1. The number of morpholine rings is 1. The standard InChI is InChI=1S/C24H40N4O2/c1-19-13-20(2)16-28(15-19)24(3,4)18-26-23(29)25-14-21-7-5-6-8-22(21)17-27-9-11-30-12-10-27/h5-8,19-20H,9-18H2,1-4H3,(H2,25,26,29). The van der Waals surface area contributed by atoms with Crippen LogP contribution in [-0.2, 0) is 17.8 Å². The normalized spacial score (nSPS) is 23.9. The molecule has 2 heterocycles. The minimum Gasteiger partial charge on any atom is -0.379 e. The van der Waals surface area contributed by atoms with Gasteiger partial charge in [0.05, 0.1) is 13.2 Å². The second-order valence-electron chi connectivity index (χ2n) is 9.86. The quantitative estimate of drug-likeness (QED) is 0.717. The molecule has 6 heteroatoms. The summed E-state index contributed by atoms with van der Waals surface area (Å²) < 4.78 is 5.45. The molecule has 1 aromatic carbocycles. The Kier molecular flexibility index (Phi) is 8.14. The third-order valence-electron chi connectivity index (χ3n) is 6.46. The zero-order valence-electron chi connectivity index (χ0n) is 19.2. The van der Waals surface area contributed by atoms with Gasteiger partial charge in [-0.1, -0.05) is 38.1 Å². The number of benzene rings is 1. The van der Waals surface area contributed by atoms with Gasteiger partial charge in [-0.2, -0.15) is 0 Å². The van der Waals surface area contributed by atoms with Gasteiger partial charge < -0.3 is 15.4 Å².